The van der Waals surface area contributed by atoms with Crippen LogP contribution in [0.5, 0.6) is 28.7 Å². The van der Waals surface area contributed by atoms with E-state index >= 15 is 0 Å². The molecule has 1 heterocycles. The summed E-state index contributed by atoms with van der Waals surface area (Å²) in [6, 6.07) is 14.1. The maximum absolute atomic E-state index is 13.0. The fourth-order valence-corrected chi connectivity index (χ4v) is 5.21. The van der Waals surface area contributed by atoms with Crippen molar-refractivity contribution in [2.24, 2.45) is 0 Å². The Morgan fingerprint density at radius 3 is 2.26 bits per heavy atom. The molecule has 2 aliphatic rings. The summed E-state index contributed by atoms with van der Waals surface area (Å²) in [4.78, 5) is 35.9. The highest BCUT2D eigenvalue weighted by Crippen LogP contribution is 2.46. The van der Waals surface area contributed by atoms with Crippen LogP contribution in [0.1, 0.15) is 36.5 Å². The van der Waals surface area contributed by atoms with Gasteiger partial charge in [0.2, 0.25) is 11.7 Å². The molecule has 0 bridgehead atoms. The monoisotopic (exact) mass is 628 g/mol. The molecule has 0 spiro atoms. The van der Waals surface area contributed by atoms with E-state index in [4.69, 9.17) is 28.4 Å². The fourth-order valence-electron chi connectivity index (χ4n) is 5.21. The molecule has 3 aromatic carbocycles. The van der Waals surface area contributed by atoms with E-state index in [2.05, 4.69) is 5.32 Å². The average molecular weight is 629 g/mol. The number of amides is 1. The number of hydrogen-bond acceptors (Lipinski definition) is 10. The van der Waals surface area contributed by atoms with Crippen LogP contribution in [-0.2, 0) is 9.53 Å². The van der Waals surface area contributed by atoms with Crippen molar-refractivity contribution in [2.45, 2.75) is 25.9 Å². The topological polar surface area (TPSA) is 145 Å². The smallest absolute Gasteiger partial charge is 0.497 e. The van der Waals surface area contributed by atoms with Gasteiger partial charge in [-0.05, 0) is 88.9 Å². The van der Waals surface area contributed by atoms with Crippen LogP contribution >= 0.6 is 0 Å². The molecular weight excluding hydrogens is 596 g/mol. The molecule has 12 heteroatoms. The summed E-state index contributed by atoms with van der Waals surface area (Å²) in [6.07, 6.45) is 5.28. The molecule has 1 N–H and O–H groups in total. The molecule has 1 unspecified atom stereocenters. The number of methoxy groups -OCH3 is 3. The van der Waals surface area contributed by atoms with Crippen molar-refractivity contribution < 1.29 is 42.9 Å². The lowest BCUT2D eigenvalue weighted by atomic mass is 10.00. The molecule has 12 nitrogen and oxygen atoms in total. The number of fused-ring (bicyclic) bond motifs is 1. The van der Waals surface area contributed by atoms with Gasteiger partial charge in [-0.25, -0.2) is 4.79 Å². The lowest BCUT2D eigenvalue weighted by molar-refractivity contribution is -0.384. The summed E-state index contributed by atoms with van der Waals surface area (Å²) in [5.74, 6) is 0.991. The number of rotatable bonds is 11. The van der Waals surface area contributed by atoms with E-state index in [1.165, 1.54) is 38.5 Å². The summed E-state index contributed by atoms with van der Waals surface area (Å²) < 4.78 is 32.7. The van der Waals surface area contributed by atoms with Crippen LogP contribution in [0.3, 0.4) is 0 Å². The number of benzene rings is 3. The second-order valence-electron chi connectivity index (χ2n) is 10.4. The molecule has 0 saturated carbocycles. The van der Waals surface area contributed by atoms with Gasteiger partial charge in [0.05, 0.1) is 45.5 Å². The number of ether oxygens (including phenoxy) is 6. The van der Waals surface area contributed by atoms with Crippen LogP contribution in [0.25, 0.3) is 17.2 Å². The maximum Gasteiger partial charge on any atom is 0.519 e. The standard InChI is InChI=1S/C34H32N2O10/c1-20-27(26-12-11-24(41-2)17-29(26)28(20)18-32(37)35-19-25-6-5-13-44-25)14-21-15-30(42-3)33(31(16-21)43-4)46-34(38)45-23-9-7-22(8-10-23)36(39)40/h5,7-17,25H,6,18-19H2,1-4H3,(H,35,37)/b27-14-. The number of nitro benzene ring substituents is 1. The van der Waals surface area contributed by atoms with Gasteiger partial charge in [0, 0.05) is 18.6 Å². The van der Waals surface area contributed by atoms with Crippen molar-refractivity contribution in [2.75, 3.05) is 27.9 Å². The minimum absolute atomic E-state index is 0.0123. The first-order valence-electron chi connectivity index (χ1n) is 14.3. The second-order valence-corrected chi connectivity index (χ2v) is 10.4. The number of carbonyl (C=O) groups is 2. The third-order valence-electron chi connectivity index (χ3n) is 7.56. The highest BCUT2D eigenvalue weighted by atomic mass is 16.7. The van der Waals surface area contributed by atoms with Crippen molar-refractivity contribution >= 4 is 35.0 Å². The zero-order valence-corrected chi connectivity index (χ0v) is 25.7. The van der Waals surface area contributed by atoms with Crippen molar-refractivity contribution in [3.63, 3.8) is 0 Å². The third kappa shape index (κ3) is 6.96. The van der Waals surface area contributed by atoms with Gasteiger partial charge in [-0.3, -0.25) is 14.9 Å². The van der Waals surface area contributed by atoms with Gasteiger partial charge in [0.1, 0.15) is 17.6 Å². The zero-order chi connectivity index (χ0) is 32.8. The van der Waals surface area contributed by atoms with Crippen molar-refractivity contribution in [1.82, 2.24) is 5.32 Å². The third-order valence-corrected chi connectivity index (χ3v) is 7.56. The molecule has 0 fully saturated rings. The molecule has 0 aromatic heterocycles. The molecule has 1 amide bonds. The number of nitrogens with zero attached hydrogens (tertiary/aromatic N) is 1. The van der Waals surface area contributed by atoms with Crippen LogP contribution in [0.2, 0.25) is 0 Å². The normalized spacial score (nSPS) is 15.7. The molecule has 1 atom stereocenters. The van der Waals surface area contributed by atoms with E-state index < -0.39 is 11.1 Å². The quantitative estimate of drug-likeness (QED) is 0.111. The van der Waals surface area contributed by atoms with Gasteiger partial charge >= 0.3 is 6.16 Å². The highest BCUT2D eigenvalue weighted by Gasteiger charge is 2.27. The Balaban J connectivity index is 1.41. The maximum atomic E-state index is 13.0. The van der Waals surface area contributed by atoms with Crippen molar-refractivity contribution in [1.29, 1.82) is 0 Å². The second kappa shape index (κ2) is 13.9. The molecule has 46 heavy (non-hydrogen) atoms. The minimum Gasteiger partial charge on any atom is -0.497 e. The molecule has 5 rings (SSSR count). The van der Waals surface area contributed by atoms with Crippen LogP contribution in [0.4, 0.5) is 10.5 Å². The summed E-state index contributed by atoms with van der Waals surface area (Å²) in [7, 11) is 4.44. The summed E-state index contributed by atoms with van der Waals surface area (Å²) in [5, 5.41) is 13.9. The molecule has 3 aromatic rings. The van der Waals surface area contributed by atoms with Crippen LogP contribution in [-0.4, -0.2) is 51.0 Å². The lowest BCUT2D eigenvalue weighted by Crippen LogP contribution is -2.31. The Bertz CT molecular complexity index is 1720. The van der Waals surface area contributed by atoms with E-state index in [9.17, 15) is 19.7 Å². The largest absolute Gasteiger partial charge is 0.519 e. The van der Waals surface area contributed by atoms with Crippen molar-refractivity contribution in [3.8, 4) is 28.7 Å². The van der Waals surface area contributed by atoms with Crippen LogP contribution in [0.15, 0.2) is 72.5 Å². The Morgan fingerprint density at radius 2 is 1.65 bits per heavy atom. The molecule has 0 radical (unpaired) electrons. The Labute approximate surface area is 265 Å². The minimum atomic E-state index is -1.09. The van der Waals surface area contributed by atoms with E-state index in [-0.39, 0.29) is 47.1 Å². The van der Waals surface area contributed by atoms with Gasteiger partial charge in [0.15, 0.2) is 11.5 Å². The number of allylic oxidation sites excluding steroid dienone is 2. The number of nitro groups is 1. The predicted octanol–water partition coefficient (Wildman–Crippen LogP) is 6.34. The van der Waals surface area contributed by atoms with E-state index in [1.54, 1.807) is 25.5 Å². The van der Waals surface area contributed by atoms with Crippen molar-refractivity contribution in [3.05, 3.63) is 99.3 Å². The van der Waals surface area contributed by atoms with E-state index in [1.807, 2.05) is 37.3 Å². The van der Waals surface area contributed by atoms with Crippen LogP contribution < -0.4 is 29.0 Å². The predicted molar refractivity (Wildman–Crippen MR) is 169 cm³/mol. The number of non-ortho nitro benzene ring substituents is 1. The lowest BCUT2D eigenvalue weighted by Gasteiger charge is -2.14. The van der Waals surface area contributed by atoms with E-state index in [0.717, 1.165) is 34.3 Å². The fraction of sp³-hybridized carbons (Fsp3) is 0.235. The first kappa shape index (κ1) is 31.6. The summed E-state index contributed by atoms with van der Waals surface area (Å²) >= 11 is 0. The zero-order valence-electron chi connectivity index (χ0n) is 25.7. The first-order chi connectivity index (χ1) is 22.2. The molecular formula is C34H32N2O10. The summed E-state index contributed by atoms with van der Waals surface area (Å²) in [6.45, 7) is 2.38. The average Bonchev–Trinajstić information content (AvgIpc) is 3.67. The van der Waals surface area contributed by atoms with Gasteiger partial charge in [-0.2, -0.15) is 0 Å². The van der Waals surface area contributed by atoms with Crippen LogP contribution in [0, 0.1) is 10.1 Å². The number of nitrogens with one attached hydrogen (secondary N) is 1. The Hall–Kier alpha value is -5.78. The molecule has 238 valence electrons. The number of hydrogen-bond donors (Lipinski definition) is 1. The van der Waals surface area contributed by atoms with Gasteiger partial charge in [-0.15, -0.1) is 0 Å². The van der Waals surface area contributed by atoms with Gasteiger partial charge in [-0.1, -0.05) is 6.07 Å². The summed E-state index contributed by atoms with van der Waals surface area (Å²) in [5.41, 5.74) is 5.03. The SMILES string of the molecule is COc1ccc2c(c1)C(CC(=O)NCC1CC=CO1)=C(C)/C2=C/c1cc(OC)c(OC(=O)Oc2ccc([N+](=O)[O-])cc2)c(OC)c1. The van der Waals surface area contributed by atoms with E-state index in [0.29, 0.717) is 17.9 Å². The Morgan fingerprint density at radius 1 is 0.957 bits per heavy atom. The molecule has 1 aliphatic heterocycles. The number of carbonyl (C=O) groups excluding carboxylic acids is 2. The molecule has 1 aliphatic carbocycles. The molecule has 0 saturated heterocycles. The highest BCUT2D eigenvalue weighted by molar-refractivity contribution is 6.08. The Kier molecular flexibility index (Phi) is 9.55. The van der Waals surface area contributed by atoms with Gasteiger partial charge in [0.25, 0.3) is 5.69 Å². The van der Waals surface area contributed by atoms with Gasteiger partial charge < -0.3 is 33.7 Å². The first-order valence-corrected chi connectivity index (χ1v) is 14.3.